The lowest BCUT2D eigenvalue weighted by atomic mass is 10.2. The van der Waals surface area contributed by atoms with E-state index >= 15 is 0 Å². The van der Waals surface area contributed by atoms with Gasteiger partial charge in [0, 0.05) is 5.39 Å². The van der Waals surface area contributed by atoms with Crippen molar-refractivity contribution in [1.82, 2.24) is 16.2 Å². The van der Waals surface area contributed by atoms with Crippen LogP contribution in [0.25, 0.3) is 11.0 Å². The number of hydrazine groups is 1. The number of hydrogen-bond donors (Lipinski definition) is 3. The molecule has 0 spiro atoms. The Kier molecular flexibility index (Phi) is 5.75. The summed E-state index contributed by atoms with van der Waals surface area (Å²) in [5, 5.41) is 2.78. The zero-order valence-corrected chi connectivity index (χ0v) is 14.9. The Balaban J connectivity index is 1.42. The number of rotatable bonds is 5. The van der Waals surface area contributed by atoms with E-state index in [-0.39, 0.29) is 12.4 Å². The van der Waals surface area contributed by atoms with Crippen molar-refractivity contribution in [3.63, 3.8) is 0 Å². The molecule has 0 fully saturated rings. The summed E-state index contributed by atoms with van der Waals surface area (Å²) < 4.78 is 15.6. The number of urea groups is 1. The van der Waals surface area contributed by atoms with Gasteiger partial charge < -0.3 is 13.9 Å². The first-order chi connectivity index (χ1) is 13.5. The topological polar surface area (TPSA) is 119 Å². The normalized spacial score (nSPS) is 10.2. The Hall–Kier alpha value is -4.01. The van der Waals surface area contributed by atoms with Crippen LogP contribution in [0.3, 0.4) is 0 Å². The lowest BCUT2D eigenvalue weighted by molar-refractivity contribution is -0.123. The number of furan rings is 1. The molecular formula is C19H17N3O6. The fourth-order valence-corrected chi connectivity index (χ4v) is 2.27. The Morgan fingerprint density at radius 3 is 2.39 bits per heavy atom. The minimum Gasteiger partial charge on any atom is -0.497 e. The van der Waals surface area contributed by atoms with Crippen LogP contribution in [0.15, 0.2) is 59.0 Å². The van der Waals surface area contributed by atoms with E-state index in [1.807, 2.05) is 5.32 Å². The fraction of sp³-hybridized carbons (Fsp3) is 0.105. The summed E-state index contributed by atoms with van der Waals surface area (Å²) in [5.41, 5.74) is 4.71. The number of benzene rings is 2. The second-order valence-electron chi connectivity index (χ2n) is 5.57. The van der Waals surface area contributed by atoms with Crippen molar-refractivity contribution >= 4 is 28.8 Å². The molecule has 0 bridgehead atoms. The number of imide groups is 1. The van der Waals surface area contributed by atoms with Crippen LogP contribution in [0.1, 0.15) is 10.6 Å². The zero-order valence-electron chi connectivity index (χ0n) is 14.9. The Morgan fingerprint density at radius 1 is 0.964 bits per heavy atom. The van der Waals surface area contributed by atoms with E-state index in [1.54, 1.807) is 55.6 Å². The van der Waals surface area contributed by atoms with Crippen LogP contribution >= 0.6 is 0 Å². The van der Waals surface area contributed by atoms with Gasteiger partial charge in [-0.25, -0.2) is 10.2 Å². The van der Waals surface area contributed by atoms with Crippen LogP contribution in [-0.4, -0.2) is 31.6 Å². The average molecular weight is 383 g/mol. The molecule has 0 atom stereocenters. The molecule has 9 heteroatoms. The summed E-state index contributed by atoms with van der Waals surface area (Å²) in [7, 11) is 1.54. The summed E-state index contributed by atoms with van der Waals surface area (Å²) in [5.74, 6) is -0.255. The highest BCUT2D eigenvalue weighted by Gasteiger charge is 2.15. The molecule has 1 heterocycles. The van der Waals surface area contributed by atoms with Crippen molar-refractivity contribution in [2.45, 2.75) is 0 Å². The first-order valence-corrected chi connectivity index (χ1v) is 8.21. The highest BCUT2D eigenvalue weighted by atomic mass is 16.5. The van der Waals surface area contributed by atoms with E-state index in [0.717, 1.165) is 5.39 Å². The van der Waals surface area contributed by atoms with Crippen LogP contribution < -0.4 is 25.6 Å². The molecule has 3 rings (SSSR count). The summed E-state index contributed by atoms with van der Waals surface area (Å²) in [6.07, 6.45) is 0. The summed E-state index contributed by atoms with van der Waals surface area (Å²) >= 11 is 0. The third kappa shape index (κ3) is 4.79. The Bertz CT molecular complexity index is 963. The molecule has 4 amide bonds. The van der Waals surface area contributed by atoms with Gasteiger partial charge in [-0.05, 0) is 36.4 Å². The number of amides is 4. The van der Waals surface area contributed by atoms with E-state index in [2.05, 4.69) is 10.9 Å². The average Bonchev–Trinajstić information content (AvgIpc) is 3.15. The fourth-order valence-electron chi connectivity index (χ4n) is 2.27. The van der Waals surface area contributed by atoms with Gasteiger partial charge in [-0.2, -0.15) is 0 Å². The molecule has 1 aromatic heterocycles. The number of carbonyl (C=O) groups is 3. The summed E-state index contributed by atoms with van der Waals surface area (Å²) in [6.45, 7) is -0.329. The number of para-hydroxylation sites is 1. The van der Waals surface area contributed by atoms with Crippen LogP contribution in [0, 0.1) is 0 Å². The van der Waals surface area contributed by atoms with Gasteiger partial charge in [0.15, 0.2) is 12.4 Å². The lowest BCUT2D eigenvalue weighted by Gasteiger charge is -2.09. The minimum atomic E-state index is -0.914. The van der Waals surface area contributed by atoms with Gasteiger partial charge in [-0.1, -0.05) is 18.2 Å². The van der Waals surface area contributed by atoms with Gasteiger partial charge in [-0.3, -0.25) is 20.3 Å². The largest absolute Gasteiger partial charge is 0.497 e. The van der Waals surface area contributed by atoms with Crippen LogP contribution in [-0.2, 0) is 4.79 Å². The first-order valence-electron chi connectivity index (χ1n) is 8.21. The van der Waals surface area contributed by atoms with Crippen LogP contribution in [0.2, 0.25) is 0 Å². The van der Waals surface area contributed by atoms with Crippen molar-refractivity contribution < 1.29 is 28.3 Å². The lowest BCUT2D eigenvalue weighted by Crippen LogP contribution is -2.49. The van der Waals surface area contributed by atoms with Crippen molar-refractivity contribution in [2.75, 3.05) is 13.7 Å². The molecule has 3 N–H and O–H groups in total. The molecule has 0 radical (unpaired) electrons. The van der Waals surface area contributed by atoms with Crippen LogP contribution in [0.5, 0.6) is 11.5 Å². The van der Waals surface area contributed by atoms with Crippen molar-refractivity contribution in [3.05, 3.63) is 60.4 Å². The first kappa shape index (κ1) is 18.8. The van der Waals surface area contributed by atoms with Gasteiger partial charge in [0.2, 0.25) is 0 Å². The number of fused-ring (bicyclic) bond motifs is 1. The van der Waals surface area contributed by atoms with Gasteiger partial charge in [0.25, 0.3) is 11.8 Å². The van der Waals surface area contributed by atoms with Gasteiger partial charge in [0.1, 0.15) is 17.1 Å². The highest BCUT2D eigenvalue weighted by molar-refractivity contribution is 6.04. The molecule has 0 saturated heterocycles. The number of ether oxygens (including phenoxy) is 2. The molecule has 28 heavy (non-hydrogen) atoms. The van der Waals surface area contributed by atoms with E-state index in [9.17, 15) is 14.4 Å². The quantitative estimate of drug-likeness (QED) is 0.580. The third-order valence-electron chi connectivity index (χ3n) is 3.62. The second kappa shape index (κ2) is 8.58. The third-order valence-corrected chi connectivity index (χ3v) is 3.62. The maximum Gasteiger partial charge on any atom is 0.340 e. The molecule has 2 aromatic carbocycles. The number of methoxy groups -OCH3 is 1. The number of carbonyl (C=O) groups excluding carboxylic acids is 3. The molecule has 0 aliphatic carbocycles. The standard InChI is InChI=1S/C19H17N3O6/c1-26-13-6-8-14(9-7-13)27-11-17(23)21-22-19(25)20-18(24)16-10-12-4-2-3-5-15(12)28-16/h2-10H,11H2,1H3,(H,21,23)(H2,20,22,24,25). The minimum absolute atomic E-state index is 0.0227. The molecular weight excluding hydrogens is 366 g/mol. The van der Waals surface area contributed by atoms with Crippen molar-refractivity contribution in [3.8, 4) is 11.5 Å². The van der Waals surface area contributed by atoms with Crippen LogP contribution in [0.4, 0.5) is 4.79 Å². The van der Waals surface area contributed by atoms with E-state index in [0.29, 0.717) is 17.1 Å². The molecule has 0 saturated carbocycles. The Morgan fingerprint density at radius 2 is 1.68 bits per heavy atom. The smallest absolute Gasteiger partial charge is 0.340 e. The van der Waals surface area contributed by atoms with Crippen molar-refractivity contribution in [1.29, 1.82) is 0 Å². The molecule has 0 unspecified atom stereocenters. The molecule has 3 aromatic rings. The second-order valence-corrected chi connectivity index (χ2v) is 5.57. The maximum atomic E-state index is 12.0. The maximum absolute atomic E-state index is 12.0. The van der Waals surface area contributed by atoms with Gasteiger partial charge >= 0.3 is 6.03 Å². The SMILES string of the molecule is COc1ccc(OCC(=O)NNC(=O)NC(=O)c2cc3ccccc3o2)cc1. The van der Waals surface area contributed by atoms with Gasteiger partial charge in [-0.15, -0.1) is 0 Å². The molecule has 9 nitrogen and oxygen atoms in total. The molecule has 0 aliphatic rings. The van der Waals surface area contributed by atoms with Crippen molar-refractivity contribution in [2.24, 2.45) is 0 Å². The number of hydrogen-bond acceptors (Lipinski definition) is 6. The summed E-state index contributed by atoms with van der Waals surface area (Å²) in [6, 6.07) is 14.3. The monoisotopic (exact) mass is 383 g/mol. The Labute approximate surface area is 159 Å². The van der Waals surface area contributed by atoms with Gasteiger partial charge in [0.05, 0.1) is 7.11 Å². The van der Waals surface area contributed by atoms with E-state index in [4.69, 9.17) is 13.9 Å². The molecule has 144 valence electrons. The van der Waals surface area contributed by atoms with E-state index in [1.165, 1.54) is 6.07 Å². The summed E-state index contributed by atoms with van der Waals surface area (Å²) in [4.78, 5) is 35.5. The number of nitrogens with one attached hydrogen (secondary N) is 3. The molecule has 0 aliphatic heterocycles. The predicted octanol–water partition coefficient (Wildman–Crippen LogP) is 1.99. The predicted molar refractivity (Wildman–Crippen MR) is 98.8 cm³/mol. The zero-order chi connectivity index (χ0) is 19.9. The van der Waals surface area contributed by atoms with E-state index < -0.39 is 17.8 Å². The highest BCUT2D eigenvalue weighted by Crippen LogP contribution is 2.18.